The molecule has 0 unspecified atom stereocenters. The molecule has 25 heavy (non-hydrogen) atoms. The number of aryl methyl sites for hydroxylation is 2. The Morgan fingerprint density at radius 2 is 1.96 bits per heavy atom. The van der Waals surface area contributed by atoms with Gasteiger partial charge in [0.25, 0.3) is 5.91 Å². The van der Waals surface area contributed by atoms with Crippen molar-refractivity contribution in [1.29, 1.82) is 0 Å². The number of thiazole rings is 1. The van der Waals surface area contributed by atoms with E-state index in [0.717, 1.165) is 15.8 Å². The molecule has 6 heteroatoms. The van der Waals surface area contributed by atoms with Crippen LogP contribution in [0.4, 0.5) is 9.52 Å². The number of fused-ring (bicyclic) bond motifs is 2. The highest BCUT2D eigenvalue weighted by Gasteiger charge is 2.15. The number of rotatable bonds is 2. The zero-order valence-electron chi connectivity index (χ0n) is 13.6. The van der Waals surface area contributed by atoms with Gasteiger partial charge in [0, 0.05) is 11.1 Å². The molecule has 0 radical (unpaired) electrons. The summed E-state index contributed by atoms with van der Waals surface area (Å²) in [5, 5.41) is 3.84. The lowest BCUT2D eigenvalue weighted by Gasteiger charge is -2.07. The summed E-state index contributed by atoms with van der Waals surface area (Å²) in [6, 6.07) is 11.8. The first-order valence-electron chi connectivity index (χ1n) is 7.76. The molecule has 2 heterocycles. The highest BCUT2D eigenvalue weighted by Crippen LogP contribution is 2.29. The number of nitrogens with zero attached hydrogens (tertiary/aromatic N) is 2. The molecule has 0 aliphatic rings. The number of amides is 1. The van der Waals surface area contributed by atoms with E-state index in [1.807, 2.05) is 25.1 Å². The molecule has 0 fully saturated rings. The van der Waals surface area contributed by atoms with Gasteiger partial charge < -0.3 is 0 Å². The zero-order valence-corrected chi connectivity index (χ0v) is 14.4. The number of carbonyl (C=O) groups is 1. The smallest absolute Gasteiger partial charge is 0.258 e. The van der Waals surface area contributed by atoms with Gasteiger partial charge in [-0.05, 0) is 49.7 Å². The Bertz CT molecular complexity index is 1140. The Labute approximate surface area is 147 Å². The zero-order chi connectivity index (χ0) is 17.6. The fraction of sp³-hybridized carbons (Fsp3) is 0.105. The molecule has 2 aromatic carbocycles. The average molecular weight is 351 g/mol. The maximum Gasteiger partial charge on any atom is 0.258 e. The van der Waals surface area contributed by atoms with E-state index in [0.29, 0.717) is 27.3 Å². The summed E-state index contributed by atoms with van der Waals surface area (Å²) >= 11 is 1.41. The largest absolute Gasteiger partial charge is 0.298 e. The van der Waals surface area contributed by atoms with Gasteiger partial charge in [0.15, 0.2) is 5.13 Å². The van der Waals surface area contributed by atoms with Crippen LogP contribution in [0, 0.1) is 19.7 Å². The van der Waals surface area contributed by atoms with Crippen LogP contribution in [0.5, 0.6) is 0 Å². The van der Waals surface area contributed by atoms with Crippen molar-refractivity contribution in [3.05, 3.63) is 65.1 Å². The molecular formula is C19H14FN3OS. The van der Waals surface area contributed by atoms with Gasteiger partial charge in [0.2, 0.25) is 0 Å². The Morgan fingerprint density at radius 3 is 2.76 bits per heavy atom. The van der Waals surface area contributed by atoms with E-state index in [1.54, 1.807) is 19.1 Å². The van der Waals surface area contributed by atoms with Crippen LogP contribution in [-0.4, -0.2) is 15.9 Å². The molecule has 0 bridgehead atoms. The van der Waals surface area contributed by atoms with Gasteiger partial charge >= 0.3 is 0 Å². The van der Waals surface area contributed by atoms with Crippen molar-refractivity contribution >= 4 is 43.5 Å². The van der Waals surface area contributed by atoms with Crippen LogP contribution in [0.25, 0.3) is 21.1 Å². The van der Waals surface area contributed by atoms with Crippen LogP contribution in [0.2, 0.25) is 0 Å². The lowest BCUT2D eigenvalue weighted by atomic mass is 10.1. The number of para-hydroxylation sites is 1. The average Bonchev–Trinajstić information content (AvgIpc) is 2.98. The number of benzene rings is 2. The van der Waals surface area contributed by atoms with Gasteiger partial charge in [0.1, 0.15) is 5.82 Å². The third kappa shape index (κ3) is 2.85. The van der Waals surface area contributed by atoms with Crippen LogP contribution < -0.4 is 5.32 Å². The lowest BCUT2D eigenvalue weighted by molar-refractivity contribution is 0.102. The quantitative estimate of drug-likeness (QED) is 0.561. The molecule has 1 N–H and O–H groups in total. The molecule has 4 rings (SSSR count). The van der Waals surface area contributed by atoms with Crippen LogP contribution >= 0.6 is 11.3 Å². The molecule has 2 aromatic heterocycles. The number of hydrogen-bond acceptors (Lipinski definition) is 4. The summed E-state index contributed by atoms with van der Waals surface area (Å²) in [6.45, 7) is 3.79. The molecule has 4 aromatic rings. The molecule has 0 aliphatic heterocycles. The second-order valence-electron chi connectivity index (χ2n) is 5.87. The maximum atomic E-state index is 13.6. The molecule has 0 saturated heterocycles. The van der Waals surface area contributed by atoms with E-state index in [-0.39, 0.29) is 5.91 Å². The number of anilines is 1. The minimum Gasteiger partial charge on any atom is -0.298 e. The summed E-state index contributed by atoms with van der Waals surface area (Å²) < 4.78 is 14.6. The molecule has 4 nitrogen and oxygen atoms in total. The number of pyridine rings is 1. The van der Waals surface area contributed by atoms with Crippen LogP contribution in [0.1, 0.15) is 21.6 Å². The third-order valence-electron chi connectivity index (χ3n) is 3.98. The van der Waals surface area contributed by atoms with Gasteiger partial charge in [-0.2, -0.15) is 0 Å². The third-order valence-corrected chi connectivity index (χ3v) is 4.92. The highest BCUT2D eigenvalue weighted by atomic mass is 32.1. The topological polar surface area (TPSA) is 54.9 Å². The summed E-state index contributed by atoms with van der Waals surface area (Å²) in [5.74, 6) is -0.722. The first-order valence-corrected chi connectivity index (χ1v) is 8.57. The predicted molar refractivity (Wildman–Crippen MR) is 98.7 cm³/mol. The maximum absolute atomic E-state index is 13.6. The number of aromatic nitrogens is 2. The summed E-state index contributed by atoms with van der Waals surface area (Å²) in [7, 11) is 0. The molecule has 1 amide bonds. The van der Waals surface area contributed by atoms with Crippen molar-refractivity contribution < 1.29 is 9.18 Å². The monoisotopic (exact) mass is 351 g/mol. The second kappa shape index (κ2) is 5.89. The molecule has 0 atom stereocenters. The van der Waals surface area contributed by atoms with Crippen molar-refractivity contribution in [2.75, 3.05) is 5.32 Å². The molecule has 0 saturated carbocycles. The minimum absolute atomic E-state index is 0.321. The van der Waals surface area contributed by atoms with E-state index in [9.17, 15) is 9.18 Å². The van der Waals surface area contributed by atoms with Gasteiger partial charge in [-0.25, -0.2) is 9.37 Å². The van der Waals surface area contributed by atoms with Crippen molar-refractivity contribution in [2.45, 2.75) is 13.8 Å². The lowest BCUT2D eigenvalue weighted by Crippen LogP contribution is -2.13. The number of halogens is 1. The fourth-order valence-corrected chi connectivity index (χ4v) is 3.76. The summed E-state index contributed by atoms with van der Waals surface area (Å²) in [5.41, 5.74) is 3.61. The second-order valence-corrected chi connectivity index (χ2v) is 6.90. The van der Waals surface area contributed by atoms with Gasteiger partial charge in [-0.3, -0.25) is 15.1 Å². The van der Waals surface area contributed by atoms with E-state index in [4.69, 9.17) is 0 Å². The fourth-order valence-electron chi connectivity index (χ4n) is 2.82. The van der Waals surface area contributed by atoms with E-state index < -0.39 is 5.82 Å². The van der Waals surface area contributed by atoms with Gasteiger partial charge in [-0.15, -0.1) is 0 Å². The van der Waals surface area contributed by atoms with E-state index in [2.05, 4.69) is 15.3 Å². The highest BCUT2D eigenvalue weighted by molar-refractivity contribution is 7.22. The molecule has 124 valence electrons. The van der Waals surface area contributed by atoms with Gasteiger partial charge in [-0.1, -0.05) is 23.5 Å². The van der Waals surface area contributed by atoms with Crippen LogP contribution in [0.15, 0.2) is 42.5 Å². The summed E-state index contributed by atoms with van der Waals surface area (Å²) in [6.07, 6.45) is 0. The van der Waals surface area contributed by atoms with Crippen molar-refractivity contribution in [3.8, 4) is 0 Å². The van der Waals surface area contributed by atoms with E-state index >= 15 is 0 Å². The number of nitrogens with one attached hydrogen (secondary N) is 1. The first-order chi connectivity index (χ1) is 12.0. The standard InChI is InChI=1S/C19H14FN3OS/c1-10-4-3-5-16-17(10)22-19(25-16)23-18(24)14-8-11(2)21-15-7-6-12(20)9-13(14)15/h3-9H,1-2H3,(H,22,23,24). The minimum atomic E-state index is -0.400. The Morgan fingerprint density at radius 1 is 1.12 bits per heavy atom. The normalized spacial score (nSPS) is 11.2. The molecule has 0 aliphatic carbocycles. The number of hydrogen-bond donors (Lipinski definition) is 1. The SMILES string of the molecule is Cc1cc(C(=O)Nc2nc3c(C)cccc3s2)c2cc(F)ccc2n1. The van der Waals surface area contributed by atoms with Gasteiger partial charge in [0.05, 0.1) is 21.3 Å². The van der Waals surface area contributed by atoms with Crippen molar-refractivity contribution in [3.63, 3.8) is 0 Å². The predicted octanol–water partition coefficient (Wildman–Crippen LogP) is 4.85. The summed E-state index contributed by atoms with van der Waals surface area (Å²) in [4.78, 5) is 21.6. The number of carbonyl (C=O) groups excluding carboxylic acids is 1. The van der Waals surface area contributed by atoms with Crippen LogP contribution in [-0.2, 0) is 0 Å². The molecular weight excluding hydrogens is 337 g/mol. The Kier molecular flexibility index (Phi) is 3.69. The van der Waals surface area contributed by atoms with Crippen molar-refractivity contribution in [2.24, 2.45) is 0 Å². The van der Waals surface area contributed by atoms with E-state index in [1.165, 1.54) is 23.5 Å². The van der Waals surface area contributed by atoms with Crippen molar-refractivity contribution in [1.82, 2.24) is 9.97 Å². The first kappa shape index (κ1) is 15.7. The Hall–Kier alpha value is -2.86. The Balaban J connectivity index is 1.76. The molecule has 0 spiro atoms. The van der Waals surface area contributed by atoms with Crippen LogP contribution in [0.3, 0.4) is 0 Å².